The molecule has 0 saturated carbocycles. The van der Waals surface area contributed by atoms with Crippen LogP contribution in [0.3, 0.4) is 0 Å². The number of halogens is 1. The first-order chi connectivity index (χ1) is 3.93. The fourth-order valence-corrected chi connectivity index (χ4v) is 0.532. The van der Waals surface area contributed by atoms with E-state index in [1.165, 1.54) is 0 Å². The maximum atomic E-state index is 10.0. The Morgan fingerprint density at radius 1 is 1.11 bits per heavy atom. The second kappa shape index (κ2) is 4.27. The normalized spacial score (nSPS) is 7.56. The van der Waals surface area contributed by atoms with Gasteiger partial charge >= 0.3 is 0 Å². The van der Waals surface area contributed by atoms with Crippen LogP contribution in [0.25, 0.3) is 0 Å². The average molecular weight is 186 g/mol. The number of aldehydes is 1. The van der Waals surface area contributed by atoms with Gasteiger partial charge in [-0.1, -0.05) is 30.3 Å². The fourth-order valence-electron chi connectivity index (χ4n) is 0.532. The van der Waals surface area contributed by atoms with Crippen LogP contribution in [0.15, 0.2) is 30.3 Å². The number of benzene rings is 1. The van der Waals surface area contributed by atoms with E-state index in [1.54, 1.807) is 12.1 Å². The zero-order chi connectivity index (χ0) is 5.82. The molecular weight excluding hydrogens is 180 g/mol. The highest BCUT2D eigenvalue weighted by Crippen LogP contribution is 1.91. The van der Waals surface area contributed by atoms with Crippen molar-refractivity contribution in [3.05, 3.63) is 35.9 Å². The summed E-state index contributed by atoms with van der Waals surface area (Å²) >= 11 is 0. The van der Waals surface area contributed by atoms with Crippen molar-refractivity contribution >= 4 is 6.29 Å². The summed E-state index contributed by atoms with van der Waals surface area (Å²) in [6, 6.07) is 9.10. The lowest BCUT2D eigenvalue weighted by Gasteiger charge is -1.81. The minimum absolute atomic E-state index is 0. The van der Waals surface area contributed by atoms with Crippen molar-refractivity contribution < 1.29 is 21.8 Å². The van der Waals surface area contributed by atoms with Crippen molar-refractivity contribution in [2.75, 3.05) is 0 Å². The minimum atomic E-state index is 0. The van der Waals surface area contributed by atoms with Crippen molar-refractivity contribution in [2.24, 2.45) is 0 Å². The van der Waals surface area contributed by atoms with Gasteiger partial charge in [0.15, 0.2) is 0 Å². The summed E-state index contributed by atoms with van der Waals surface area (Å²) in [7, 11) is 0. The first kappa shape index (κ1) is 8.37. The number of rotatable bonds is 1. The predicted molar refractivity (Wildman–Crippen MR) is 31.8 cm³/mol. The molecule has 0 aliphatic carbocycles. The van der Waals surface area contributed by atoms with Gasteiger partial charge in [0.05, 0.1) is 0 Å². The SMILES string of the molecule is O=Cc1ccccc1.[Br-]. The van der Waals surface area contributed by atoms with Gasteiger partial charge in [-0.25, -0.2) is 0 Å². The third-order valence-corrected chi connectivity index (χ3v) is 0.936. The summed E-state index contributed by atoms with van der Waals surface area (Å²) in [5.41, 5.74) is 0.729. The summed E-state index contributed by atoms with van der Waals surface area (Å²) in [6.45, 7) is 0. The molecule has 1 aromatic carbocycles. The Kier molecular flexibility index (Phi) is 3.97. The number of carbonyl (C=O) groups excluding carboxylic acids is 1. The quantitative estimate of drug-likeness (QED) is 0.488. The van der Waals surface area contributed by atoms with E-state index in [0.717, 1.165) is 11.8 Å². The summed E-state index contributed by atoms with van der Waals surface area (Å²) < 4.78 is 0. The Morgan fingerprint density at radius 3 is 2.00 bits per heavy atom. The van der Waals surface area contributed by atoms with Crippen LogP contribution < -0.4 is 17.0 Å². The van der Waals surface area contributed by atoms with Crippen LogP contribution >= 0.6 is 0 Å². The first-order valence-electron chi connectivity index (χ1n) is 2.44. The molecule has 0 amide bonds. The van der Waals surface area contributed by atoms with Crippen LogP contribution in [0.2, 0.25) is 0 Å². The zero-order valence-electron chi connectivity index (χ0n) is 4.75. The highest BCUT2D eigenvalue weighted by Gasteiger charge is 1.79. The summed E-state index contributed by atoms with van der Waals surface area (Å²) in [6.07, 6.45) is 0.833. The highest BCUT2D eigenvalue weighted by molar-refractivity contribution is 5.74. The van der Waals surface area contributed by atoms with Crippen molar-refractivity contribution in [3.63, 3.8) is 0 Å². The highest BCUT2D eigenvalue weighted by atomic mass is 79.9. The van der Waals surface area contributed by atoms with Gasteiger partial charge in [0.25, 0.3) is 0 Å². The molecular formula is C7H6BrO-. The van der Waals surface area contributed by atoms with Crippen molar-refractivity contribution in [2.45, 2.75) is 0 Å². The van der Waals surface area contributed by atoms with E-state index in [-0.39, 0.29) is 17.0 Å². The van der Waals surface area contributed by atoms with Crippen LogP contribution in [-0.4, -0.2) is 6.29 Å². The molecule has 48 valence electrons. The topological polar surface area (TPSA) is 17.1 Å². The van der Waals surface area contributed by atoms with E-state index in [2.05, 4.69) is 0 Å². The zero-order valence-corrected chi connectivity index (χ0v) is 6.34. The van der Waals surface area contributed by atoms with Gasteiger partial charge in [0.1, 0.15) is 6.29 Å². The van der Waals surface area contributed by atoms with Gasteiger partial charge in [0.2, 0.25) is 0 Å². The molecule has 0 N–H and O–H groups in total. The largest absolute Gasteiger partial charge is 1.00 e. The Hall–Kier alpha value is -0.630. The molecule has 0 atom stereocenters. The van der Waals surface area contributed by atoms with E-state index >= 15 is 0 Å². The molecule has 0 bridgehead atoms. The second-order valence-electron chi connectivity index (χ2n) is 1.53. The molecule has 0 saturated heterocycles. The summed E-state index contributed by atoms with van der Waals surface area (Å²) in [4.78, 5) is 10.0. The van der Waals surface area contributed by atoms with Gasteiger partial charge in [-0.3, -0.25) is 4.79 Å². The van der Waals surface area contributed by atoms with Crippen LogP contribution in [-0.2, 0) is 0 Å². The van der Waals surface area contributed by atoms with Crippen LogP contribution in [0.4, 0.5) is 0 Å². The summed E-state index contributed by atoms with van der Waals surface area (Å²) in [5.74, 6) is 0. The van der Waals surface area contributed by atoms with Crippen molar-refractivity contribution in [3.8, 4) is 0 Å². The second-order valence-corrected chi connectivity index (χ2v) is 1.53. The van der Waals surface area contributed by atoms with Gasteiger partial charge in [-0.05, 0) is 0 Å². The maximum Gasteiger partial charge on any atom is 0.150 e. The summed E-state index contributed by atoms with van der Waals surface area (Å²) in [5, 5.41) is 0. The van der Waals surface area contributed by atoms with Crippen LogP contribution in [0, 0.1) is 0 Å². The van der Waals surface area contributed by atoms with Crippen LogP contribution in [0.1, 0.15) is 10.4 Å². The lowest BCUT2D eigenvalue weighted by molar-refractivity contribution is -0.00000803. The number of carbonyl (C=O) groups is 1. The molecule has 0 aromatic heterocycles. The van der Waals surface area contributed by atoms with E-state index in [4.69, 9.17) is 0 Å². The maximum absolute atomic E-state index is 10.0. The van der Waals surface area contributed by atoms with Crippen molar-refractivity contribution in [1.82, 2.24) is 0 Å². The smallest absolute Gasteiger partial charge is 0.150 e. The van der Waals surface area contributed by atoms with Crippen LogP contribution in [0.5, 0.6) is 0 Å². The lowest BCUT2D eigenvalue weighted by atomic mass is 10.2. The molecule has 1 nitrogen and oxygen atoms in total. The Balaban J connectivity index is 0.000000640. The van der Waals surface area contributed by atoms with E-state index in [1.807, 2.05) is 18.2 Å². The first-order valence-corrected chi connectivity index (χ1v) is 2.44. The molecule has 1 rings (SSSR count). The Labute approximate surface area is 64.5 Å². The Morgan fingerprint density at radius 2 is 1.67 bits per heavy atom. The number of hydrogen-bond donors (Lipinski definition) is 0. The molecule has 9 heavy (non-hydrogen) atoms. The lowest BCUT2D eigenvalue weighted by Crippen LogP contribution is -3.00. The molecule has 2 heteroatoms. The average Bonchev–Trinajstić information content (AvgIpc) is 1.90. The molecule has 0 spiro atoms. The third-order valence-electron chi connectivity index (χ3n) is 0.936. The molecule has 0 radical (unpaired) electrons. The van der Waals surface area contributed by atoms with E-state index < -0.39 is 0 Å². The predicted octanol–water partition coefficient (Wildman–Crippen LogP) is -1.50. The van der Waals surface area contributed by atoms with E-state index in [0.29, 0.717) is 0 Å². The molecule has 0 aliphatic heterocycles. The minimum Gasteiger partial charge on any atom is -1.00 e. The monoisotopic (exact) mass is 185 g/mol. The third kappa shape index (κ3) is 2.42. The van der Waals surface area contributed by atoms with Gasteiger partial charge in [0, 0.05) is 5.56 Å². The van der Waals surface area contributed by atoms with Gasteiger partial charge in [-0.2, -0.15) is 0 Å². The molecule has 0 fully saturated rings. The molecule has 0 heterocycles. The Bertz CT molecular complexity index is 172. The van der Waals surface area contributed by atoms with Gasteiger partial charge < -0.3 is 17.0 Å². The molecule has 0 unspecified atom stereocenters. The molecule has 0 aliphatic rings. The van der Waals surface area contributed by atoms with Crippen molar-refractivity contribution in [1.29, 1.82) is 0 Å². The van der Waals surface area contributed by atoms with Gasteiger partial charge in [-0.15, -0.1) is 0 Å². The fraction of sp³-hybridized carbons (Fsp3) is 0. The number of hydrogen-bond acceptors (Lipinski definition) is 1. The molecule has 1 aromatic rings. The van der Waals surface area contributed by atoms with E-state index in [9.17, 15) is 4.79 Å². The standard InChI is InChI=1S/C7H6O.BrH/c8-6-7-4-2-1-3-5-7;/h1-6H;1H/p-1.